The van der Waals surface area contributed by atoms with Crippen molar-refractivity contribution in [3.63, 3.8) is 0 Å². The van der Waals surface area contributed by atoms with Crippen molar-refractivity contribution in [3.8, 4) is 16.9 Å². The molecule has 1 aromatic heterocycles. The molecule has 160 valence electrons. The van der Waals surface area contributed by atoms with Crippen molar-refractivity contribution in [1.29, 1.82) is 0 Å². The molecule has 0 spiro atoms. The number of benzene rings is 3. The first-order chi connectivity index (χ1) is 15.5. The molecule has 0 atom stereocenters. The van der Waals surface area contributed by atoms with E-state index in [1.54, 1.807) is 37.4 Å². The Labute approximate surface area is 184 Å². The maximum atomic E-state index is 13.7. The molecule has 6 heteroatoms. The second kappa shape index (κ2) is 7.96. The number of hydrogen-bond donors (Lipinski definition) is 1. The Balaban J connectivity index is 1.78. The Morgan fingerprint density at radius 1 is 1.06 bits per heavy atom. The van der Waals surface area contributed by atoms with E-state index < -0.39 is 5.97 Å². The lowest BCUT2D eigenvalue weighted by Gasteiger charge is -2.33. The molecule has 0 saturated carbocycles. The molecular weight excluding hydrogens is 407 g/mol. The van der Waals surface area contributed by atoms with Gasteiger partial charge >= 0.3 is 5.97 Å². The predicted octanol–water partition coefficient (Wildman–Crippen LogP) is 5.83. The number of aryl methyl sites for hydroxylation is 1. The van der Waals surface area contributed by atoms with Gasteiger partial charge < -0.3 is 14.7 Å². The summed E-state index contributed by atoms with van der Waals surface area (Å²) in [7, 11) is 1.66. The van der Waals surface area contributed by atoms with Crippen molar-refractivity contribution in [2.24, 2.45) is 0 Å². The Morgan fingerprint density at radius 2 is 1.88 bits per heavy atom. The summed E-state index contributed by atoms with van der Waals surface area (Å²) in [5.41, 5.74) is 5.61. The number of carbonyl (C=O) groups is 1. The lowest BCUT2D eigenvalue weighted by atomic mass is 9.95. The monoisotopic (exact) mass is 428 g/mol. The highest BCUT2D eigenvalue weighted by atomic mass is 19.1. The molecule has 0 aliphatic carbocycles. The standard InChI is InChI=1S/C26H21FN2O3/c1-32-20-9-11-23-17(13-20)3-2-12-29(23)24-15-28-22-10-6-18(26(30)31)14-21(22)25(24)16-4-7-19(27)8-5-16/h4-11,13-15H,2-3,12H2,1H3,(H,30,31). The maximum Gasteiger partial charge on any atom is 0.335 e. The topological polar surface area (TPSA) is 62.7 Å². The molecule has 2 heterocycles. The van der Waals surface area contributed by atoms with Crippen LogP contribution in [0.3, 0.4) is 0 Å². The van der Waals surface area contributed by atoms with Crippen molar-refractivity contribution in [3.05, 3.63) is 83.8 Å². The number of ether oxygens (including phenoxy) is 1. The largest absolute Gasteiger partial charge is 0.497 e. The SMILES string of the molecule is COc1ccc2c(c1)CCCN2c1cnc2ccc(C(=O)O)cc2c1-c1ccc(F)cc1. The Hall–Kier alpha value is -3.93. The van der Waals surface area contributed by atoms with Gasteiger partial charge in [0, 0.05) is 23.2 Å². The number of rotatable bonds is 4. The number of fused-ring (bicyclic) bond motifs is 2. The third-order valence-electron chi connectivity index (χ3n) is 5.92. The minimum atomic E-state index is -1.00. The van der Waals surface area contributed by atoms with E-state index in [-0.39, 0.29) is 11.4 Å². The van der Waals surface area contributed by atoms with Gasteiger partial charge in [0.05, 0.1) is 30.1 Å². The van der Waals surface area contributed by atoms with Crippen LogP contribution in [0.15, 0.2) is 66.9 Å². The molecular formula is C26H21FN2O3. The highest BCUT2D eigenvalue weighted by molar-refractivity contribution is 6.04. The summed E-state index contributed by atoms with van der Waals surface area (Å²) in [6, 6.07) is 17.2. The number of pyridine rings is 1. The number of halogens is 1. The van der Waals surface area contributed by atoms with Gasteiger partial charge in [0.1, 0.15) is 11.6 Å². The Bertz CT molecular complexity index is 1340. The van der Waals surface area contributed by atoms with E-state index in [4.69, 9.17) is 4.74 Å². The molecule has 1 aliphatic heterocycles. The molecule has 0 bridgehead atoms. The summed E-state index contributed by atoms with van der Waals surface area (Å²) >= 11 is 0. The molecule has 4 aromatic rings. The number of anilines is 2. The Kier molecular flexibility index (Phi) is 4.98. The van der Waals surface area contributed by atoms with E-state index in [0.717, 1.165) is 53.0 Å². The quantitative estimate of drug-likeness (QED) is 0.443. The van der Waals surface area contributed by atoms with E-state index in [1.807, 2.05) is 18.3 Å². The zero-order valence-electron chi connectivity index (χ0n) is 17.5. The fraction of sp³-hybridized carbons (Fsp3) is 0.154. The molecule has 0 radical (unpaired) electrons. The molecule has 0 fully saturated rings. The number of hydrogen-bond acceptors (Lipinski definition) is 4. The summed E-state index contributed by atoms with van der Waals surface area (Å²) in [5, 5.41) is 10.3. The molecule has 3 aromatic carbocycles. The average molecular weight is 428 g/mol. The van der Waals surface area contributed by atoms with E-state index in [9.17, 15) is 14.3 Å². The van der Waals surface area contributed by atoms with Crippen LogP contribution in [0.2, 0.25) is 0 Å². The van der Waals surface area contributed by atoms with Gasteiger partial charge in [-0.05, 0) is 72.5 Å². The minimum absolute atomic E-state index is 0.184. The lowest BCUT2D eigenvalue weighted by Crippen LogP contribution is -2.25. The summed E-state index contributed by atoms with van der Waals surface area (Å²) in [5.74, 6) is -0.514. The molecule has 32 heavy (non-hydrogen) atoms. The highest BCUT2D eigenvalue weighted by Crippen LogP contribution is 2.43. The maximum absolute atomic E-state index is 13.7. The van der Waals surface area contributed by atoms with Crippen LogP contribution in [-0.2, 0) is 6.42 Å². The van der Waals surface area contributed by atoms with Crippen molar-refractivity contribution in [2.75, 3.05) is 18.6 Å². The molecule has 0 saturated heterocycles. The van der Waals surface area contributed by atoms with Crippen LogP contribution < -0.4 is 9.64 Å². The van der Waals surface area contributed by atoms with E-state index in [0.29, 0.717) is 5.52 Å². The lowest BCUT2D eigenvalue weighted by molar-refractivity contribution is 0.0697. The first-order valence-electron chi connectivity index (χ1n) is 10.4. The van der Waals surface area contributed by atoms with Crippen LogP contribution in [0.1, 0.15) is 22.3 Å². The molecule has 0 unspecified atom stereocenters. The molecule has 5 rings (SSSR count). The number of aromatic carboxylic acids is 1. The van der Waals surface area contributed by atoms with Gasteiger partial charge in [0.2, 0.25) is 0 Å². The fourth-order valence-electron chi connectivity index (χ4n) is 4.39. The van der Waals surface area contributed by atoms with E-state index in [1.165, 1.54) is 17.7 Å². The van der Waals surface area contributed by atoms with Crippen LogP contribution in [0.25, 0.3) is 22.0 Å². The minimum Gasteiger partial charge on any atom is -0.497 e. The number of nitrogens with zero attached hydrogens (tertiary/aromatic N) is 2. The summed E-state index contributed by atoms with van der Waals surface area (Å²) < 4.78 is 19.1. The Morgan fingerprint density at radius 3 is 2.62 bits per heavy atom. The number of carboxylic acids is 1. The van der Waals surface area contributed by atoms with Crippen LogP contribution in [0.5, 0.6) is 5.75 Å². The zero-order chi connectivity index (χ0) is 22.2. The average Bonchev–Trinajstić information content (AvgIpc) is 2.82. The molecule has 0 amide bonds. The number of aromatic nitrogens is 1. The van der Waals surface area contributed by atoms with Crippen LogP contribution in [0.4, 0.5) is 15.8 Å². The van der Waals surface area contributed by atoms with Crippen molar-refractivity contribution in [2.45, 2.75) is 12.8 Å². The number of methoxy groups -OCH3 is 1. The second-order valence-corrected chi connectivity index (χ2v) is 7.81. The van der Waals surface area contributed by atoms with Crippen molar-refractivity contribution in [1.82, 2.24) is 4.98 Å². The van der Waals surface area contributed by atoms with Crippen molar-refractivity contribution >= 4 is 28.2 Å². The predicted molar refractivity (Wildman–Crippen MR) is 122 cm³/mol. The van der Waals surface area contributed by atoms with Gasteiger partial charge in [-0.25, -0.2) is 9.18 Å². The van der Waals surface area contributed by atoms with Crippen LogP contribution in [-0.4, -0.2) is 29.7 Å². The second-order valence-electron chi connectivity index (χ2n) is 7.81. The van der Waals surface area contributed by atoms with E-state index in [2.05, 4.69) is 16.0 Å². The molecule has 5 nitrogen and oxygen atoms in total. The third kappa shape index (κ3) is 3.43. The third-order valence-corrected chi connectivity index (χ3v) is 5.92. The zero-order valence-corrected chi connectivity index (χ0v) is 17.5. The van der Waals surface area contributed by atoms with Gasteiger partial charge in [-0.1, -0.05) is 12.1 Å². The molecule has 1 N–H and O–H groups in total. The number of carboxylic acid groups (broad SMARTS) is 1. The van der Waals surface area contributed by atoms with Gasteiger partial charge in [-0.2, -0.15) is 0 Å². The smallest absolute Gasteiger partial charge is 0.335 e. The van der Waals surface area contributed by atoms with Crippen LogP contribution >= 0.6 is 0 Å². The van der Waals surface area contributed by atoms with Gasteiger partial charge in [-0.3, -0.25) is 4.98 Å². The van der Waals surface area contributed by atoms with Gasteiger partial charge in [-0.15, -0.1) is 0 Å². The molecule has 1 aliphatic rings. The summed E-state index contributed by atoms with van der Waals surface area (Å²) in [6.45, 7) is 0.791. The first kappa shape index (κ1) is 20.0. The van der Waals surface area contributed by atoms with Crippen LogP contribution in [0, 0.1) is 5.82 Å². The first-order valence-corrected chi connectivity index (χ1v) is 10.4. The van der Waals surface area contributed by atoms with E-state index >= 15 is 0 Å². The van der Waals surface area contributed by atoms with Crippen molar-refractivity contribution < 1.29 is 19.0 Å². The summed E-state index contributed by atoms with van der Waals surface area (Å²) in [6.07, 6.45) is 3.72. The van der Waals surface area contributed by atoms with Gasteiger partial charge in [0.25, 0.3) is 0 Å². The fourth-order valence-corrected chi connectivity index (χ4v) is 4.39. The normalized spacial score (nSPS) is 13.1. The highest BCUT2D eigenvalue weighted by Gasteiger charge is 2.24. The summed E-state index contributed by atoms with van der Waals surface area (Å²) in [4.78, 5) is 18.5. The van der Waals surface area contributed by atoms with Gasteiger partial charge in [0.15, 0.2) is 0 Å².